The molecule has 4 nitrogen and oxygen atoms in total. The lowest BCUT2D eigenvalue weighted by molar-refractivity contribution is 0.665. The molecule has 0 saturated heterocycles. The third kappa shape index (κ3) is 4.34. The zero-order valence-electron chi connectivity index (χ0n) is 31.2. The number of benzene rings is 9. The molecule has 4 heteroatoms. The van der Waals surface area contributed by atoms with Gasteiger partial charge in [-0.05, 0) is 71.8 Å². The SMILES string of the molecule is c1ccc(-c2ccc3c(c2)c2ccc4c(c5ccccc5n4-c4ccccc4)c2n3-c2ccc3oc4c(-c5cccc6c5oc5ccccc56)cccc4c3c2)cc1. The number of hydrogen-bond acceptors (Lipinski definition) is 2. The number of para-hydroxylation sites is 5. The van der Waals surface area contributed by atoms with E-state index in [-0.39, 0.29) is 0 Å². The number of aromatic nitrogens is 2. The van der Waals surface area contributed by atoms with Crippen molar-refractivity contribution in [2.45, 2.75) is 0 Å². The van der Waals surface area contributed by atoms with E-state index in [9.17, 15) is 0 Å². The van der Waals surface area contributed by atoms with Crippen LogP contribution in [0.3, 0.4) is 0 Å². The van der Waals surface area contributed by atoms with Crippen LogP contribution in [0.1, 0.15) is 0 Å². The van der Waals surface area contributed by atoms with Crippen molar-refractivity contribution in [3.8, 4) is 33.6 Å². The molecule has 0 aliphatic rings. The molecule has 0 atom stereocenters. The van der Waals surface area contributed by atoms with Crippen LogP contribution < -0.4 is 0 Å². The van der Waals surface area contributed by atoms with Crippen LogP contribution >= 0.6 is 0 Å². The molecule has 0 aliphatic carbocycles. The van der Waals surface area contributed by atoms with Crippen molar-refractivity contribution in [1.29, 1.82) is 0 Å². The molecule has 13 rings (SSSR count). The Morgan fingerprint density at radius 3 is 1.72 bits per heavy atom. The number of hydrogen-bond donors (Lipinski definition) is 0. The molecule has 0 aliphatic heterocycles. The van der Waals surface area contributed by atoms with E-state index in [2.05, 4.69) is 191 Å². The van der Waals surface area contributed by atoms with Crippen molar-refractivity contribution in [1.82, 2.24) is 9.13 Å². The lowest BCUT2D eigenvalue weighted by Gasteiger charge is -2.10. The number of furan rings is 2. The molecular formula is C54H32N2O2. The van der Waals surface area contributed by atoms with E-state index in [1.807, 2.05) is 12.1 Å². The van der Waals surface area contributed by atoms with E-state index in [1.165, 1.54) is 49.2 Å². The standard InChI is InChI=1S/C54H32N2O2/c1-3-13-33(14-4-1)34-25-28-47-44(31-34)38-27-29-48-51(43-18-7-9-23-46(43)55(48)35-15-5-2-6-16-35)52(38)56(47)36-26-30-50-45(32-36)42-22-12-21-41(54(42)58-50)40-20-11-19-39-37-17-8-10-24-49(37)57-53(39)40/h1-32H. The van der Waals surface area contributed by atoms with Crippen LogP contribution in [0.15, 0.2) is 203 Å². The monoisotopic (exact) mass is 740 g/mol. The van der Waals surface area contributed by atoms with Gasteiger partial charge in [-0.15, -0.1) is 0 Å². The van der Waals surface area contributed by atoms with Crippen LogP contribution in [-0.4, -0.2) is 9.13 Å². The summed E-state index contributed by atoms with van der Waals surface area (Å²) in [4.78, 5) is 0. The number of nitrogens with zero attached hydrogens (tertiary/aromatic N) is 2. The Kier molecular flexibility index (Phi) is 6.41. The van der Waals surface area contributed by atoms with Gasteiger partial charge in [-0.25, -0.2) is 0 Å². The maximum absolute atomic E-state index is 6.80. The molecular weight excluding hydrogens is 709 g/mol. The zero-order chi connectivity index (χ0) is 37.9. The predicted molar refractivity (Wildman–Crippen MR) is 241 cm³/mol. The molecule has 13 aromatic rings. The maximum atomic E-state index is 6.80. The van der Waals surface area contributed by atoms with Gasteiger partial charge in [0.1, 0.15) is 22.3 Å². The first-order chi connectivity index (χ1) is 28.8. The third-order valence-electron chi connectivity index (χ3n) is 12.1. The van der Waals surface area contributed by atoms with Crippen molar-refractivity contribution in [3.63, 3.8) is 0 Å². The highest BCUT2D eigenvalue weighted by molar-refractivity contribution is 6.26. The number of fused-ring (bicyclic) bond motifs is 13. The average Bonchev–Trinajstić information content (AvgIpc) is 4.04. The molecule has 0 radical (unpaired) electrons. The summed E-state index contributed by atoms with van der Waals surface area (Å²) in [5.41, 5.74) is 14.8. The summed E-state index contributed by atoms with van der Waals surface area (Å²) in [5.74, 6) is 0. The van der Waals surface area contributed by atoms with E-state index in [4.69, 9.17) is 8.83 Å². The summed E-state index contributed by atoms with van der Waals surface area (Å²) >= 11 is 0. The summed E-state index contributed by atoms with van der Waals surface area (Å²) in [5, 5.41) is 9.24. The van der Waals surface area contributed by atoms with Gasteiger partial charge in [0.2, 0.25) is 0 Å². The Hall–Kier alpha value is -7.82. The summed E-state index contributed by atoms with van der Waals surface area (Å²) in [7, 11) is 0. The molecule has 0 fully saturated rings. The van der Waals surface area contributed by atoms with Crippen LogP contribution in [0.5, 0.6) is 0 Å². The minimum Gasteiger partial charge on any atom is -0.455 e. The third-order valence-corrected chi connectivity index (χ3v) is 12.1. The Morgan fingerprint density at radius 2 is 0.931 bits per heavy atom. The van der Waals surface area contributed by atoms with E-state index in [0.717, 1.165) is 71.9 Å². The van der Waals surface area contributed by atoms with Crippen LogP contribution in [0, 0.1) is 0 Å². The first kappa shape index (κ1) is 31.4. The molecule has 0 N–H and O–H groups in total. The Labute approximate surface area is 332 Å². The molecule has 0 unspecified atom stereocenters. The van der Waals surface area contributed by atoms with Crippen molar-refractivity contribution in [3.05, 3.63) is 194 Å². The lowest BCUT2D eigenvalue weighted by Crippen LogP contribution is -1.95. The van der Waals surface area contributed by atoms with Crippen LogP contribution in [0.4, 0.5) is 0 Å². The normalized spacial score (nSPS) is 12.1. The average molecular weight is 741 g/mol. The molecule has 0 spiro atoms. The summed E-state index contributed by atoms with van der Waals surface area (Å²) in [6.07, 6.45) is 0. The van der Waals surface area contributed by atoms with Gasteiger partial charge in [0.15, 0.2) is 0 Å². The van der Waals surface area contributed by atoms with E-state index >= 15 is 0 Å². The molecule has 0 bridgehead atoms. The largest absolute Gasteiger partial charge is 0.455 e. The summed E-state index contributed by atoms with van der Waals surface area (Å²) in [6.45, 7) is 0. The van der Waals surface area contributed by atoms with Gasteiger partial charge in [0.05, 0.1) is 22.1 Å². The molecule has 58 heavy (non-hydrogen) atoms. The van der Waals surface area contributed by atoms with Gasteiger partial charge in [0, 0.05) is 65.6 Å². The Bertz CT molecular complexity index is 3790. The quantitative estimate of drug-likeness (QED) is 0.180. The maximum Gasteiger partial charge on any atom is 0.143 e. The Morgan fingerprint density at radius 1 is 0.310 bits per heavy atom. The summed E-state index contributed by atoms with van der Waals surface area (Å²) in [6, 6.07) is 69.4. The fourth-order valence-electron chi connectivity index (χ4n) is 9.59. The van der Waals surface area contributed by atoms with Gasteiger partial charge in [-0.3, -0.25) is 0 Å². The van der Waals surface area contributed by atoms with Crippen LogP contribution in [0.25, 0.3) is 121 Å². The highest BCUT2D eigenvalue weighted by atomic mass is 16.3. The van der Waals surface area contributed by atoms with Gasteiger partial charge >= 0.3 is 0 Å². The molecule has 270 valence electrons. The molecule has 9 aromatic carbocycles. The van der Waals surface area contributed by atoms with Crippen molar-refractivity contribution in [2.24, 2.45) is 0 Å². The topological polar surface area (TPSA) is 36.1 Å². The first-order valence-electron chi connectivity index (χ1n) is 19.8. The predicted octanol–water partition coefficient (Wildman–Crippen LogP) is 15.0. The number of rotatable bonds is 4. The minimum absolute atomic E-state index is 0.848. The van der Waals surface area contributed by atoms with Gasteiger partial charge in [-0.2, -0.15) is 0 Å². The van der Waals surface area contributed by atoms with E-state index in [1.54, 1.807) is 0 Å². The van der Waals surface area contributed by atoms with Crippen LogP contribution in [-0.2, 0) is 0 Å². The van der Waals surface area contributed by atoms with Gasteiger partial charge in [0.25, 0.3) is 0 Å². The minimum atomic E-state index is 0.848. The zero-order valence-corrected chi connectivity index (χ0v) is 31.2. The second-order valence-electron chi connectivity index (χ2n) is 15.2. The second kappa shape index (κ2) is 11.8. The van der Waals surface area contributed by atoms with E-state index in [0.29, 0.717) is 0 Å². The van der Waals surface area contributed by atoms with Gasteiger partial charge in [-0.1, -0.05) is 133 Å². The van der Waals surface area contributed by atoms with Gasteiger partial charge < -0.3 is 18.0 Å². The van der Waals surface area contributed by atoms with Crippen molar-refractivity contribution < 1.29 is 8.83 Å². The fourth-order valence-corrected chi connectivity index (χ4v) is 9.59. The van der Waals surface area contributed by atoms with Crippen LogP contribution in [0.2, 0.25) is 0 Å². The molecule has 0 saturated carbocycles. The Balaban J connectivity index is 1.11. The summed E-state index contributed by atoms with van der Waals surface area (Å²) < 4.78 is 18.2. The highest BCUT2D eigenvalue weighted by Gasteiger charge is 2.23. The second-order valence-corrected chi connectivity index (χ2v) is 15.2. The molecule has 4 heterocycles. The first-order valence-corrected chi connectivity index (χ1v) is 19.8. The molecule has 4 aromatic heterocycles. The lowest BCUT2D eigenvalue weighted by atomic mass is 10.00. The van der Waals surface area contributed by atoms with E-state index < -0.39 is 0 Å². The van der Waals surface area contributed by atoms with Crippen molar-refractivity contribution >= 4 is 87.5 Å². The highest BCUT2D eigenvalue weighted by Crippen LogP contribution is 2.45. The molecule has 0 amide bonds. The van der Waals surface area contributed by atoms with Crippen molar-refractivity contribution in [2.75, 3.05) is 0 Å². The fraction of sp³-hybridized carbons (Fsp3) is 0. The smallest absolute Gasteiger partial charge is 0.143 e.